The van der Waals surface area contributed by atoms with Gasteiger partial charge in [0.1, 0.15) is 5.82 Å². The summed E-state index contributed by atoms with van der Waals surface area (Å²) in [4.78, 5) is 11.4. The fourth-order valence-corrected chi connectivity index (χ4v) is 1.39. The van der Waals surface area contributed by atoms with Crippen molar-refractivity contribution in [2.24, 2.45) is 0 Å². The Hall–Kier alpha value is -1.64. The number of unbranched alkanes of at least 4 members (excludes halogenated alkanes) is 2. The van der Waals surface area contributed by atoms with E-state index in [-0.39, 0.29) is 11.7 Å². The predicted octanol–water partition coefficient (Wildman–Crippen LogP) is 3.15. The molecule has 0 heterocycles. The molecule has 1 amide bonds. The molecular weight excluding hydrogens is 217 g/mol. The van der Waals surface area contributed by atoms with Gasteiger partial charge in [-0.25, -0.2) is 4.39 Å². The standard InChI is InChI=1S/C14H18FNO/c1-2-3-4-11-16-14(17)10-7-12-5-8-13(15)9-6-12/h5-10H,2-4,11H2,1H3,(H,16,17). The van der Waals surface area contributed by atoms with Gasteiger partial charge in [0.2, 0.25) is 5.91 Å². The first kappa shape index (κ1) is 13.4. The van der Waals surface area contributed by atoms with E-state index in [0.29, 0.717) is 6.54 Å². The SMILES string of the molecule is CCCCCNC(=O)C=Cc1ccc(F)cc1. The second-order valence-corrected chi connectivity index (χ2v) is 3.88. The van der Waals surface area contributed by atoms with Crippen LogP contribution in [0.4, 0.5) is 4.39 Å². The second-order valence-electron chi connectivity index (χ2n) is 3.88. The van der Waals surface area contributed by atoms with Gasteiger partial charge in [-0.15, -0.1) is 0 Å². The lowest BCUT2D eigenvalue weighted by atomic mass is 10.2. The highest BCUT2D eigenvalue weighted by molar-refractivity contribution is 5.91. The molecule has 0 saturated heterocycles. The van der Waals surface area contributed by atoms with Gasteiger partial charge in [-0.05, 0) is 30.2 Å². The Balaban J connectivity index is 2.32. The Labute approximate surface area is 102 Å². The Morgan fingerprint density at radius 2 is 2.00 bits per heavy atom. The van der Waals surface area contributed by atoms with Crippen LogP contribution in [0.15, 0.2) is 30.3 Å². The fraction of sp³-hybridized carbons (Fsp3) is 0.357. The average molecular weight is 235 g/mol. The Morgan fingerprint density at radius 1 is 1.29 bits per heavy atom. The fourth-order valence-electron chi connectivity index (χ4n) is 1.39. The monoisotopic (exact) mass is 235 g/mol. The van der Waals surface area contributed by atoms with Crippen molar-refractivity contribution in [3.05, 3.63) is 41.7 Å². The summed E-state index contributed by atoms with van der Waals surface area (Å²) in [6, 6.07) is 6.02. The lowest BCUT2D eigenvalue weighted by Crippen LogP contribution is -2.21. The Morgan fingerprint density at radius 3 is 2.65 bits per heavy atom. The van der Waals surface area contributed by atoms with Crippen LogP contribution in [0.3, 0.4) is 0 Å². The topological polar surface area (TPSA) is 29.1 Å². The highest BCUT2D eigenvalue weighted by atomic mass is 19.1. The lowest BCUT2D eigenvalue weighted by molar-refractivity contribution is -0.116. The molecule has 0 atom stereocenters. The van der Waals surface area contributed by atoms with E-state index in [1.54, 1.807) is 18.2 Å². The van der Waals surface area contributed by atoms with Crippen molar-refractivity contribution in [2.45, 2.75) is 26.2 Å². The minimum Gasteiger partial charge on any atom is -0.353 e. The van der Waals surface area contributed by atoms with Crippen LogP contribution in [-0.2, 0) is 4.79 Å². The molecular formula is C14H18FNO. The summed E-state index contributed by atoms with van der Waals surface area (Å²) < 4.78 is 12.6. The van der Waals surface area contributed by atoms with Crippen LogP contribution in [0, 0.1) is 5.82 Å². The Bertz CT molecular complexity index is 370. The van der Waals surface area contributed by atoms with Gasteiger partial charge in [0, 0.05) is 12.6 Å². The quantitative estimate of drug-likeness (QED) is 0.595. The number of hydrogen-bond donors (Lipinski definition) is 1. The molecule has 17 heavy (non-hydrogen) atoms. The highest BCUT2D eigenvalue weighted by Gasteiger charge is 1.94. The maximum absolute atomic E-state index is 12.6. The summed E-state index contributed by atoms with van der Waals surface area (Å²) in [5, 5.41) is 2.80. The summed E-state index contributed by atoms with van der Waals surface area (Å²) in [5.74, 6) is -0.378. The highest BCUT2D eigenvalue weighted by Crippen LogP contribution is 2.04. The van der Waals surface area contributed by atoms with Gasteiger partial charge in [-0.2, -0.15) is 0 Å². The summed E-state index contributed by atoms with van der Waals surface area (Å²) in [5.41, 5.74) is 0.815. The molecule has 1 N–H and O–H groups in total. The van der Waals surface area contributed by atoms with Crippen LogP contribution in [0.2, 0.25) is 0 Å². The smallest absolute Gasteiger partial charge is 0.243 e. The molecule has 0 saturated carbocycles. The van der Waals surface area contributed by atoms with E-state index in [0.717, 1.165) is 24.8 Å². The third-order valence-electron chi connectivity index (χ3n) is 2.38. The molecule has 1 aromatic carbocycles. The molecule has 0 radical (unpaired) electrons. The van der Waals surface area contributed by atoms with Crippen molar-refractivity contribution in [2.75, 3.05) is 6.54 Å². The number of benzene rings is 1. The van der Waals surface area contributed by atoms with Crippen molar-refractivity contribution in [1.82, 2.24) is 5.32 Å². The summed E-state index contributed by atoms with van der Waals surface area (Å²) in [6.07, 6.45) is 6.42. The van der Waals surface area contributed by atoms with Crippen molar-refractivity contribution < 1.29 is 9.18 Å². The van der Waals surface area contributed by atoms with E-state index in [1.807, 2.05) is 0 Å². The molecule has 0 aliphatic heterocycles. The molecule has 0 aromatic heterocycles. The van der Waals surface area contributed by atoms with Crippen molar-refractivity contribution in [3.8, 4) is 0 Å². The van der Waals surface area contributed by atoms with Gasteiger partial charge < -0.3 is 5.32 Å². The third-order valence-corrected chi connectivity index (χ3v) is 2.38. The normalized spacial score (nSPS) is 10.7. The van der Waals surface area contributed by atoms with E-state index in [1.165, 1.54) is 18.2 Å². The maximum atomic E-state index is 12.6. The number of rotatable bonds is 6. The second kappa shape index (κ2) is 7.60. The van der Waals surface area contributed by atoms with Gasteiger partial charge in [-0.1, -0.05) is 31.9 Å². The van der Waals surface area contributed by atoms with Crippen molar-refractivity contribution in [1.29, 1.82) is 0 Å². The first-order valence-electron chi connectivity index (χ1n) is 5.94. The van der Waals surface area contributed by atoms with Crippen LogP contribution in [-0.4, -0.2) is 12.5 Å². The number of halogens is 1. The zero-order valence-corrected chi connectivity index (χ0v) is 10.1. The molecule has 92 valence electrons. The van der Waals surface area contributed by atoms with Crippen LogP contribution < -0.4 is 5.32 Å². The summed E-state index contributed by atoms with van der Waals surface area (Å²) in [7, 11) is 0. The molecule has 2 nitrogen and oxygen atoms in total. The van der Waals surface area contributed by atoms with Gasteiger partial charge in [0.25, 0.3) is 0 Å². The number of carbonyl (C=O) groups is 1. The van der Waals surface area contributed by atoms with Gasteiger partial charge in [-0.3, -0.25) is 4.79 Å². The molecule has 3 heteroatoms. The Kier molecular flexibility index (Phi) is 6.00. The number of carbonyl (C=O) groups excluding carboxylic acids is 1. The lowest BCUT2D eigenvalue weighted by Gasteiger charge is -2.00. The van der Waals surface area contributed by atoms with Crippen LogP contribution in [0.5, 0.6) is 0 Å². The predicted molar refractivity (Wildman–Crippen MR) is 68.0 cm³/mol. The number of nitrogens with one attached hydrogen (secondary N) is 1. The summed E-state index contributed by atoms with van der Waals surface area (Å²) in [6.45, 7) is 2.83. The van der Waals surface area contributed by atoms with E-state index in [9.17, 15) is 9.18 Å². The zero-order valence-electron chi connectivity index (χ0n) is 10.1. The van der Waals surface area contributed by atoms with Crippen LogP contribution in [0.1, 0.15) is 31.7 Å². The first-order chi connectivity index (χ1) is 8.22. The van der Waals surface area contributed by atoms with Gasteiger partial charge in [0.15, 0.2) is 0 Å². The van der Waals surface area contributed by atoms with Crippen molar-refractivity contribution in [3.63, 3.8) is 0 Å². The number of hydrogen-bond acceptors (Lipinski definition) is 1. The molecule has 0 bridgehead atoms. The van der Waals surface area contributed by atoms with E-state index >= 15 is 0 Å². The summed E-state index contributed by atoms with van der Waals surface area (Å²) >= 11 is 0. The molecule has 0 unspecified atom stereocenters. The molecule has 0 aliphatic rings. The van der Waals surface area contributed by atoms with Gasteiger partial charge in [0.05, 0.1) is 0 Å². The van der Waals surface area contributed by atoms with E-state index in [2.05, 4.69) is 12.2 Å². The first-order valence-corrected chi connectivity index (χ1v) is 5.94. The van der Waals surface area contributed by atoms with Crippen LogP contribution >= 0.6 is 0 Å². The minimum absolute atomic E-state index is 0.106. The zero-order chi connectivity index (χ0) is 12.5. The van der Waals surface area contributed by atoms with Gasteiger partial charge >= 0.3 is 0 Å². The molecule has 0 aliphatic carbocycles. The minimum atomic E-state index is -0.272. The van der Waals surface area contributed by atoms with Crippen LogP contribution in [0.25, 0.3) is 6.08 Å². The molecule has 0 spiro atoms. The van der Waals surface area contributed by atoms with E-state index in [4.69, 9.17) is 0 Å². The molecule has 1 aromatic rings. The number of amides is 1. The average Bonchev–Trinajstić information content (AvgIpc) is 2.34. The maximum Gasteiger partial charge on any atom is 0.243 e. The largest absolute Gasteiger partial charge is 0.353 e. The van der Waals surface area contributed by atoms with Crippen molar-refractivity contribution >= 4 is 12.0 Å². The molecule has 0 fully saturated rings. The molecule has 1 rings (SSSR count). The third kappa shape index (κ3) is 5.85. The van der Waals surface area contributed by atoms with E-state index < -0.39 is 0 Å².